The van der Waals surface area contributed by atoms with Crippen molar-refractivity contribution < 1.29 is 19.4 Å². The third-order valence-corrected chi connectivity index (χ3v) is 3.00. The molecule has 2 rings (SSSR count). The Balaban J connectivity index is 2.33. The molecule has 8 nitrogen and oxygen atoms in total. The molecule has 24 heavy (non-hydrogen) atoms. The minimum atomic E-state index is -0.691. The van der Waals surface area contributed by atoms with Crippen LogP contribution in [0.3, 0.4) is 0 Å². The number of carbonyl (C=O) groups is 1. The Hall–Kier alpha value is -3.55. The summed E-state index contributed by atoms with van der Waals surface area (Å²) in [5.41, 5.74) is 0.164. The quantitative estimate of drug-likeness (QED) is 0.272. The predicted octanol–water partition coefficient (Wildman–Crippen LogP) is 3.60. The fourth-order valence-electron chi connectivity index (χ4n) is 1.98. The lowest BCUT2D eigenvalue weighted by Crippen LogP contribution is -2.00. The maximum absolute atomic E-state index is 11.1. The van der Waals surface area contributed by atoms with E-state index in [1.165, 1.54) is 25.1 Å². The van der Waals surface area contributed by atoms with Crippen LogP contribution in [-0.4, -0.2) is 15.8 Å². The first-order valence-electron chi connectivity index (χ1n) is 6.76. The van der Waals surface area contributed by atoms with Gasteiger partial charge in [0.1, 0.15) is 5.75 Å². The van der Waals surface area contributed by atoms with Gasteiger partial charge in [0.25, 0.3) is 11.4 Å². The molecule has 0 saturated carbocycles. The van der Waals surface area contributed by atoms with Crippen molar-refractivity contribution in [2.45, 2.75) is 6.92 Å². The highest BCUT2D eigenvalue weighted by molar-refractivity contribution is 5.76. The van der Waals surface area contributed by atoms with E-state index in [1.807, 2.05) is 0 Å². The van der Waals surface area contributed by atoms with E-state index < -0.39 is 15.8 Å². The molecule has 0 aliphatic heterocycles. The van der Waals surface area contributed by atoms with Crippen LogP contribution in [-0.2, 0) is 4.79 Å². The SMILES string of the molecule is CC(=O)Oc1cccc(/C=C/c2ccc([N+](=O)[O-])cc2[N+](=O)[O-])c1. The summed E-state index contributed by atoms with van der Waals surface area (Å²) in [6, 6.07) is 10.0. The zero-order valence-electron chi connectivity index (χ0n) is 12.5. The molecule has 2 aromatic carbocycles. The van der Waals surface area contributed by atoms with Crippen LogP contribution in [0.25, 0.3) is 12.2 Å². The van der Waals surface area contributed by atoms with E-state index in [4.69, 9.17) is 4.74 Å². The van der Waals surface area contributed by atoms with Crippen LogP contribution in [0.5, 0.6) is 5.75 Å². The second kappa shape index (κ2) is 7.14. The minimum absolute atomic E-state index is 0.225. The molecule has 0 heterocycles. The van der Waals surface area contributed by atoms with E-state index in [9.17, 15) is 25.0 Å². The molecule has 0 amide bonds. The number of nitro benzene ring substituents is 2. The Morgan fingerprint density at radius 3 is 2.42 bits per heavy atom. The fraction of sp³-hybridized carbons (Fsp3) is 0.0625. The molecule has 0 fully saturated rings. The average molecular weight is 328 g/mol. The molecule has 2 aromatic rings. The number of non-ortho nitro benzene ring substituents is 1. The van der Waals surface area contributed by atoms with Crippen LogP contribution in [0, 0.1) is 20.2 Å². The number of benzene rings is 2. The van der Waals surface area contributed by atoms with Crippen molar-refractivity contribution in [1.82, 2.24) is 0 Å². The van der Waals surface area contributed by atoms with Gasteiger partial charge in [-0.15, -0.1) is 0 Å². The molecular weight excluding hydrogens is 316 g/mol. The topological polar surface area (TPSA) is 113 Å². The number of carbonyl (C=O) groups excluding carboxylic acids is 1. The van der Waals surface area contributed by atoms with E-state index in [0.29, 0.717) is 11.3 Å². The average Bonchev–Trinajstić information content (AvgIpc) is 2.52. The zero-order chi connectivity index (χ0) is 17.7. The van der Waals surface area contributed by atoms with Crippen molar-refractivity contribution in [3.8, 4) is 5.75 Å². The van der Waals surface area contributed by atoms with Gasteiger partial charge < -0.3 is 4.74 Å². The Morgan fingerprint density at radius 2 is 1.79 bits per heavy atom. The van der Waals surface area contributed by atoms with Crippen LogP contribution in [0.4, 0.5) is 11.4 Å². The first kappa shape index (κ1) is 16.8. The summed E-state index contributed by atoms with van der Waals surface area (Å²) in [7, 11) is 0. The van der Waals surface area contributed by atoms with E-state index in [0.717, 1.165) is 6.07 Å². The van der Waals surface area contributed by atoms with Gasteiger partial charge in [0.2, 0.25) is 0 Å². The summed E-state index contributed by atoms with van der Waals surface area (Å²) in [5.74, 6) is -0.106. The van der Waals surface area contributed by atoms with Gasteiger partial charge in [0.05, 0.1) is 21.5 Å². The Morgan fingerprint density at radius 1 is 1.04 bits per heavy atom. The third kappa shape index (κ3) is 4.23. The van der Waals surface area contributed by atoms with Crippen LogP contribution >= 0.6 is 0 Å². The van der Waals surface area contributed by atoms with Crippen LogP contribution < -0.4 is 4.74 Å². The van der Waals surface area contributed by atoms with Crippen LogP contribution in [0.1, 0.15) is 18.1 Å². The smallest absolute Gasteiger partial charge is 0.308 e. The molecule has 8 heteroatoms. The first-order valence-corrected chi connectivity index (χ1v) is 6.76. The molecule has 122 valence electrons. The monoisotopic (exact) mass is 328 g/mol. The van der Waals surface area contributed by atoms with Gasteiger partial charge in [0, 0.05) is 13.0 Å². The number of ether oxygens (including phenoxy) is 1. The van der Waals surface area contributed by atoms with Crippen molar-refractivity contribution in [1.29, 1.82) is 0 Å². The van der Waals surface area contributed by atoms with E-state index in [1.54, 1.807) is 30.3 Å². The third-order valence-electron chi connectivity index (χ3n) is 3.00. The minimum Gasteiger partial charge on any atom is -0.427 e. The van der Waals surface area contributed by atoms with Crippen molar-refractivity contribution in [3.05, 3.63) is 73.8 Å². The second-order valence-electron chi connectivity index (χ2n) is 4.76. The summed E-state index contributed by atoms with van der Waals surface area (Å²) in [5, 5.41) is 21.8. The summed E-state index contributed by atoms with van der Waals surface area (Å²) in [6.45, 7) is 1.28. The number of rotatable bonds is 5. The van der Waals surface area contributed by atoms with Gasteiger partial charge in [-0.25, -0.2) is 0 Å². The highest BCUT2D eigenvalue weighted by Gasteiger charge is 2.17. The van der Waals surface area contributed by atoms with Crippen molar-refractivity contribution in [2.75, 3.05) is 0 Å². The van der Waals surface area contributed by atoms with Gasteiger partial charge in [-0.1, -0.05) is 18.2 Å². The number of nitro groups is 2. The van der Waals surface area contributed by atoms with E-state index in [-0.39, 0.29) is 16.9 Å². The number of nitrogens with zero attached hydrogens (tertiary/aromatic N) is 2. The molecule has 0 spiro atoms. The standard InChI is InChI=1S/C16H12N2O6/c1-11(19)24-15-4-2-3-12(9-15)5-6-13-7-8-14(17(20)21)10-16(13)18(22)23/h2-10H,1H3/b6-5+. The van der Waals surface area contributed by atoms with E-state index in [2.05, 4.69) is 0 Å². The van der Waals surface area contributed by atoms with Gasteiger partial charge in [-0.3, -0.25) is 25.0 Å². The lowest BCUT2D eigenvalue weighted by Gasteiger charge is -2.02. The molecule has 0 aliphatic rings. The van der Waals surface area contributed by atoms with Gasteiger partial charge >= 0.3 is 5.97 Å². The zero-order valence-corrected chi connectivity index (χ0v) is 12.5. The van der Waals surface area contributed by atoms with Gasteiger partial charge in [-0.2, -0.15) is 0 Å². The number of esters is 1. The summed E-state index contributed by atoms with van der Waals surface area (Å²) >= 11 is 0. The second-order valence-corrected chi connectivity index (χ2v) is 4.76. The fourth-order valence-corrected chi connectivity index (χ4v) is 1.98. The van der Waals surface area contributed by atoms with Gasteiger partial charge in [0.15, 0.2) is 0 Å². The lowest BCUT2D eigenvalue weighted by molar-refractivity contribution is -0.394. The number of hydrogen-bond acceptors (Lipinski definition) is 6. The maximum atomic E-state index is 11.1. The summed E-state index contributed by atoms with van der Waals surface area (Å²) in [6.07, 6.45) is 3.05. The lowest BCUT2D eigenvalue weighted by atomic mass is 10.1. The largest absolute Gasteiger partial charge is 0.427 e. The predicted molar refractivity (Wildman–Crippen MR) is 86.4 cm³/mol. The highest BCUT2D eigenvalue weighted by atomic mass is 16.6. The first-order chi connectivity index (χ1) is 11.4. The van der Waals surface area contributed by atoms with E-state index >= 15 is 0 Å². The molecule has 0 atom stereocenters. The van der Waals surface area contributed by atoms with Crippen molar-refractivity contribution in [2.24, 2.45) is 0 Å². The molecule has 0 saturated heterocycles. The Kier molecular flexibility index (Phi) is 5.00. The normalized spacial score (nSPS) is 10.5. The molecule has 0 N–H and O–H groups in total. The molecular formula is C16H12N2O6. The molecule has 0 radical (unpaired) electrons. The maximum Gasteiger partial charge on any atom is 0.308 e. The van der Waals surface area contributed by atoms with Crippen LogP contribution in [0.15, 0.2) is 42.5 Å². The van der Waals surface area contributed by atoms with Crippen molar-refractivity contribution in [3.63, 3.8) is 0 Å². The Bertz CT molecular complexity index is 844. The summed E-state index contributed by atoms with van der Waals surface area (Å²) < 4.78 is 4.95. The molecule has 0 aromatic heterocycles. The van der Waals surface area contributed by atoms with Crippen LogP contribution in [0.2, 0.25) is 0 Å². The number of hydrogen-bond donors (Lipinski definition) is 0. The van der Waals surface area contributed by atoms with Gasteiger partial charge in [-0.05, 0) is 29.8 Å². The van der Waals surface area contributed by atoms with Crippen molar-refractivity contribution >= 4 is 29.5 Å². The highest BCUT2D eigenvalue weighted by Crippen LogP contribution is 2.26. The molecule has 0 bridgehead atoms. The summed E-state index contributed by atoms with van der Waals surface area (Å²) in [4.78, 5) is 31.4. The Labute approximate surface area is 136 Å². The molecule has 0 unspecified atom stereocenters. The molecule has 0 aliphatic carbocycles.